The molecule has 0 bridgehead atoms. The van der Waals surface area contributed by atoms with Crippen LogP contribution in [0.25, 0.3) is 10.9 Å². The molecule has 1 heterocycles. The van der Waals surface area contributed by atoms with E-state index >= 15 is 0 Å². The molecular formula is C17H16N2S. The van der Waals surface area contributed by atoms with Gasteiger partial charge in [0.15, 0.2) is 0 Å². The number of nitrogens with zero attached hydrogens (tertiary/aromatic N) is 1. The third kappa shape index (κ3) is 2.63. The highest BCUT2D eigenvalue weighted by molar-refractivity contribution is 7.98. The van der Waals surface area contributed by atoms with Gasteiger partial charge in [0.2, 0.25) is 0 Å². The molecule has 0 saturated carbocycles. The number of anilines is 1. The molecule has 0 aliphatic rings. The zero-order chi connectivity index (χ0) is 13.8. The Hall–Kier alpha value is -2.00. The first-order chi connectivity index (χ1) is 9.88. The van der Waals surface area contributed by atoms with E-state index in [1.54, 1.807) is 11.8 Å². The van der Waals surface area contributed by atoms with Crippen molar-refractivity contribution in [2.75, 3.05) is 11.6 Å². The fourth-order valence-electron chi connectivity index (χ4n) is 2.29. The number of para-hydroxylation sites is 2. The summed E-state index contributed by atoms with van der Waals surface area (Å²) in [7, 11) is 0. The van der Waals surface area contributed by atoms with Crippen LogP contribution in [0, 0.1) is 0 Å². The Morgan fingerprint density at radius 3 is 2.70 bits per heavy atom. The van der Waals surface area contributed by atoms with E-state index in [-0.39, 0.29) is 0 Å². The molecule has 2 aromatic carbocycles. The zero-order valence-electron chi connectivity index (χ0n) is 11.3. The van der Waals surface area contributed by atoms with E-state index < -0.39 is 0 Å². The molecule has 1 aromatic heterocycles. The molecule has 3 aromatic rings. The molecule has 0 radical (unpaired) electrons. The molecule has 0 aliphatic carbocycles. The first kappa shape index (κ1) is 13.0. The first-order valence-corrected chi connectivity index (χ1v) is 7.80. The van der Waals surface area contributed by atoms with Gasteiger partial charge in [0.25, 0.3) is 0 Å². The summed E-state index contributed by atoms with van der Waals surface area (Å²) in [5, 5.41) is 4.74. The van der Waals surface area contributed by atoms with Crippen molar-refractivity contribution in [3.8, 4) is 0 Å². The summed E-state index contributed by atoms with van der Waals surface area (Å²) >= 11 is 1.76. The lowest BCUT2D eigenvalue weighted by Gasteiger charge is -2.11. The lowest BCUT2D eigenvalue weighted by atomic mass is 10.1. The normalized spacial score (nSPS) is 10.7. The maximum absolute atomic E-state index is 4.40. The van der Waals surface area contributed by atoms with Crippen LogP contribution in [0.5, 0.6) is 0 Å². The van der Waals surface area contributed by atoms with Crippen molar-refractivity contribution < 1.29 is 0 Å². The van der Waals surface area contributed by atoms with E-state index in [1.807, 2.05) is 12.3 Å². The van der Waals surface area contributed by atoms with Crippen molar-refractivity contribution in [2.24, 2.45) is 0 Å². The zero-order valence-corrected chi connectivity index (χ0v) is 12.2. The van der Waals surface area contributed by atoms with E-state index in [4.69, 9.17) is 0 Å². The Bertz CT molecular complexity index is 720. The molecule has 2 nitrogen and oxygen atoms in total. The highest BCUT2D eigenvalue weighted by Gasteiger charge is 2.03. The standard InChI is InChI=1S/C17H16N2S/c1-20-17-9-5-4-8-16(17)19-12-13-10-11-18-15-7-3-2-6-14(13)15/h2-11,19H,12H2,1H3. The fourth-order valence-corrected chi connectivity index (χ4v) is 2.87. The van der Waals surface area contributed by atoms with Crippen molar-refractivity contribution in [3.05, 3.63) is 66.4 Å². The summed E-state index contributed by atoms with van der Waals surface area (Å²) in [5.74, 6) is 0. The van der Waals surface area contributed by atoms with Crippen LogP contribution in [-0.4, -0.2) is 11.2 Å². The van der Waals surface area contributed by atoms with Crippen LogP contribution in [0.3, 0.4) is 0 Å². The molecule has 0 atom stereocenters. The van der Waals surface area contributed by atoms with E-state index in [1.165, 1.54) is 21.5 Å². The Kier molecular flexibility index (Phi) is 3.88. The summed E-state index contributed by atoms with van der Waals surface area (Å²) < 4.78 is 0. The second kappa shape index (κ2) is 5.97. The van der Waals surface area contributed by atoms with E-state index in [0.29, 0.717) is 0 Å². The maximum atomic E-state index is 4.40. The van der Waals surface area contributed by atoms with Gasteiger partial charge in [-0.05, 0) is 36.1 Å². The Balaban J connectivity index is 1.87. The number of aromatic nitrogens is 1. The molecule has 0 unspecified atom stereocenters. The third-order valence-electron chi connectivity index (χ3n) is 3.32. The average molecular weight is 280 g/mol. The van der Waals surface area contributed by atoms with Gasteiger partial charge in [-0.2, -0.15) is 0 Å². The van der Waals surface area contributed by atoms with Crippen molar-refractivity contribution in [1.29, 1.82) is 0 Å². The van der Waals surface area contributed by atoms with Gasteiger partial charge in [0.1, 0.15) is 0 Å². The summed E-state index contributed by atoms with van der Waals surface area (Å²) in [6.07, 6.45) is 3.97. The molecule has 3 heteroatoms. The number of thioether (sulfide) groups is 1. The smallest absolute Gasteiger partial charge is 0.0705 e. The predicted octanol–water partition coefficient (Wildman–Crippen LogP) is 4.57. The van der Waals surface area contributed by atoms with Gasteiger partial charge in [-0.3, -0.25) is 4.98 Å². The SMILES string of the molecule is CSc1ccccc1NCc1ccnc2ccccc12. The molecule has 0 amide bonds. The Morgan fingerprint density at radius 1 is 1.00 bits per heavy atom. The number of nitrogens with one attached hydrogen (secondary N) is 1. The Morgan fingerprint density at radius 2 is 1.80 bits per heavy atom. The highest BCUT2D eigenvalue weighted by Crippen LogP contribution is 2.25. The minimum atomic E-state index is 0.806. The average Bonchev–Trinajstić information content (AvgIpc) is 2.53. The van der Waals surface area contributed by atoms with E-state index in [0.717, 1.165) is 12.1 Å². The number of hydrogen-bond acceptors (Lipinski definition) is 3. The molecule has 3 rings (SSSR count). The van der Waals surface area contributed by atoms with Gasteiger partial charge in [0.05, 0.1) is 5.52 Å². The number of fused-ring (bicyclic) bond motifs is 1. The van der Waals surface area contributed by atoms with Gasteiger partial charge in [-0.25, -0.2) is 0 Å². The molecule has 20 heavy (non-hydrogen) atoms. The van der Waals surface area contributed by atoms with Crippen LogP contribution >= 0.6 is 11.8 Å². The molecule has 0 aliphatic heterocycles. The van der Waals surface area contributed by atoms with Gasteiger partial charge >= 0.3 is 0 Å². The molecule has 0 fully saturated rings. The highest BCUT2D eigenvalue weighted by atomic mass is 32.2. The van der Waals surface area contributed by atoms with Gasteiger partial charge in [-0.15, -0.1) is 11.8 Å². The number of benzene rings is 2. The van der Waals surface area contributed by atoms with Crippen molar-refractivity contribution in [1.82, 2.24) is 4.98 Å². The second-order valence-corrected chi connectivity index (χ2v) is 5.39. The van der Waals surface area contributed by atoms with Crippen LogP contribution < -0.4 is 5.32 Å². The second-order valence-electron chi connectivity index (χ2n) is 4.54. The van der Waals surface area contributed by atoms with Crippen molar-refractivity contribution >= 4 is 28.4 Å². The maximum Gasteiger partial charge on any atom is 0.0705 e. The monoisotopic (exact) mass is 280 g/mol. The summed E-state index contributed by atoms with van der Waals surface area (Å²) in [6.45, 7) is 0.806. The van der Waals surface area contributed by atoms with Gasteiger partial charge < -0.3 is 5.32 Å². The van der Waals surface area contributed by atoms with Crippen LogP contribution in [0.15, 0.2) is 65.7 Å². The number of rotatable bonds is 4. The topological polar surface area (TPSA) is 24.9 Å². The molecule has 1 N–H and O–H groups in total. The largest absolute Gasteiger partial charge is 0.380 e. The molecule has 0 saturated heterocycles. The van der Waals surface area contributed by atoms with Crippen LogP contribution in [0.2, 0.25) is 0 Å². The Labute approximate surface area is 123 Å². The van der Waals surface area contributed by atoms with Crippen LogP contribution in [0.1, 0.15) is 5.56 Å². The van der Waals surface area contributed by atoms with Gasteiger partial charge in [0, 0.05) is 28.7 Å². The van der Waals surface area contributed by atoms with Crippen molar-refractivity contribution in [2.45, 2.75) is 11.4 Å². The molecule has 0 spiro atoms. The van der Waals surface area contributed by atoms with Crippen molar-refractivity contribution in [3.63, 3.8) is 0 Å². The minimum absolute atomic E-state index is 0.806. The number of hydrogen-bond donors (Lipinski definition) is 1. The van der Waals surface area contributed by atoms with E-state index in [2.05, 4.69) is 65.1 Å². The summed E-state index contributed by atoms with van der Waals surface area (Å²) in [4.78, 5) is 5.67. The first-order valence-electron chi connectivity index (χ1n) is 6.58. The van der Waals surface area contributed by atoms with Gasteiger partial charge in [-0.1, -0.05) is 30.3 Å². The fraction of sp³-hybridized carbons (Fsp3) is 0.118. The summed E-state index contributed by atoms with van der Waals surface area (Å²) in [5.41, 5.74) is 3.50. The summed E-state index contributed by atoms with van der Waals surface area (Å²) in [6, 6.07) is 18.7. The quantitative estimate of drug-likeness (QED) is 0.709. The minimum Gasteiger partial charge on any atom is -0.380 e. The van der Waals surface area contributed by atoms with Crippen LogP contribution in [0.4, 0.5) is 5.69 Å². The third-order valence-corrected chi connectivity index (χ3v) is 4.11. The lowest BCUT2D eigenvalue weighted by molar-refractivity contribution is 1.14. The lowest BCUT2D eigenvalue weighted by Crippen LogP contribution is -2.01. The van der Waals surface area contributed by atoms with Crippen LogP contribution in [-0.2, 0) is 6.54 Å². The molecular weight excluding hydrogens is 264 g/mol. The molecule has 100 valence electrons. The number of pyridine rings is 1. The predicted molar refractivity (Wildman–Crippen MR) is 87.3 cm³/mol. The van der Waals surface area contributed by atoms with E-state index in [9.17, 15) is 0 Å².